The molecule has 0 saturated carbocycles. The van der Waals surface area contributed by atoms with Crippen LogP contribution in [0.5, 0.6) is 0 Å². The molecule has 0 bridgehead atoms. The molecule has 1 atom stereocenters. The van der Waals surface area contributed by atoms with E-state index in [2.05, 4.69) is 46.4 Å². The highest BCUT2D eigenvalue weighted by molar-refractivity contribution is 4.87. The number of nitrogens with zero attached hydrogens (tertiary/aromatic N) is 1. The van der Waals surface area contributed by atoms with Gasteiger partial charge in [0.25, 0.3) is 0 Å². The Morgan fingerprint density at radius 1 is 1.13 bits per heavy atom. The maximum Gasteiger partial charge on any atom is 0.0627 e. The molecule has 0 aromatic heterocycles. The maximum atomic E-state index is 5.61. The molecule has 0 aromatic carbocycles. The van der Waals surface area contributed by atoms with Crippen molar-refractivity contribution in [1.29, 1.82) is 0 Å². The summed E-state index contributed by atoms with van der Waals surface area (Å²) in [4.78, 5) is 2.60. The van der Waals surface area contributed by atoms with E-state index >= 15 is 0 Å². The fraction of sp³-hybridized carbons (Fsp3) is 1.00. The largest absolute Gasteiger partial charge is 0.378 e. The molecule has 1 aliphatic rings. The molecule has 1 aliphatic heterocycles. The van der Waals surface area contributed by atoms with Crippen LogP contribution in [0.15, 0.2) is 0 Å². The summed E-state index contributed by atoms with van der Waals surface area (Å²) in [7, 11) is 0. The van der Waals surface area contributed by atoms with Crippen molar-refractivity contribution in [2.45, 2.75) is 47.6 Å². The minimum absolute atomic E-state index is 0.311. The van der Waals surface area contributed by atoms with Gasteiger partial charge in [0.05, 0.1) is 13.2 Å². The first-order valence-corrected chi connectivity index (χ1v) is 6.02. The van der Waals surface area contributed by atoms with E-state index in [1.165, 1.54) is 0 Å². The van der Waals surface area contributed by atoms with Gasteiger partial charge in [-0.1, -0.05) is 41.5 Å². The van der Waals surface area contributed by atoms with Crippen molar-refractivity contribution >= 4 is 0 Å². The Kier molecular flexibility index (Phi) is 3.83. The minimum Gasteiger partial charge on any atom is -0.378 e. The average molecular weight is 213 g/mol. The summed E-state index contributed by atoms with van der Waals surface area (Å²) in [5, 5.41) is 0. The molecule has 1 unspecified atom stereocenters. The van der Waals surface area contributed by atoms with Crippen LogP contribution in [0, 0.1) is 10.8 Å². The average Bonchev–Trinajstić information content (AvgIpc) is 1.99. The summed E-state index contributed by atoms with van der Waals surface area (Å²) in [5.74, 6) is 0. The van der Waals surface area contributed by atoms with E-state index in [0.29, 0.717) is 16.9 Å². The van der Waals surface area contributed by atoms with Gasteiger partial charge in [0, 0.05) is 19.1 Å². The Balaban J connectivity index is 2.66. The second-order valence-electron chi connectivity index (χ2n) is 6.99. The first kappa shape index (κ1) is 13.0. The van der Waals surface area contributed by atoms with E-state index in [0.717, 1.165) is 26.3 Å². The van der Waals surface area contributed by atoms with Gasteiger partial charge in [0.2, 0.25) is 0 Å². The van der Waals surface area contributed by atoms with Crippen molar-refractivity contribution in [1.82, 2.24) is 4.90 Å². The molecule has 0 N–H and O–H groups in total. The van der Waals surface area contributed by atoms with Crippen molar-refractivity contribution < 1.29 is 4.74 Å². The molecule has 0 aliphatic carbocycles. The zero-order valence-corrected chi connectivity index (χ0v) is 11.3. The molecule has 1 saturated heterocycles. The fourth-order valence-electron chi connectivity index (χ4n) is 2.23. The van der Waals surface area contributed by atoms with Gasteiger partial charge in [-0.05, 0) is 10.8 Å². The molecule has 1 rings (SSSR count). The van der Waals surface area contributed by atoms with Crippen molar-refractivity contribution in [3.05, 3.63) is 0 Å². The third-order valence-electron chi connectivity index (χ3n) is 2.92. The van der Waals surface area contributed by atoms with Gasteiger partial charge >= 0.3 is 0 Å². The predicted octanol–water partition coefficient (Wildman–Crippen LogP) is 2.78. The van der Waals surface area contributed by atoms with Crippen LogP contribution in [-0.4, -0.2) is 37.2 Å². The molecule has 1 fully saturated rings. The second kappa shape index (κ2) is 4.42. The quantitative estimate of drug-likeness (QED) is 0.664. The Morgan fingerprint density at radius 2 is 1.73 bits per heavy atom. The monoisotopic (exact) mass is 213 g/mol. The fourth-order valence-corrected chi connectivity index (χ4v) is 2.23. The molecule has 1 heterocycles. The third kappa shape index (κ3) is 4.12. The Morgan fingerprint density at radius 3 is 2.20 bits per heavy atom. The van der Waals surface area contributed by atoms with E-state index in [9.17, 15) is 0 Å². The normalized spacial score (nSPS) is 25.6. The topological polar surface area (TPSA) is 12.5 Å². The smallest absolute Gasteiger partial charge is 0.0627 e. The molecule has 0 radical (unpaired) electrons. The van der Waals surface area contributed by atoms with Crippen molar-refractivity contribution in [3.63, 3.8) is 0 Å². The van der Waals surface area contributed by atoms with E-state index in [-0.39, 0.29) is 0 Å². The van der Waals surface area contributed by atoms with Gasteiger partial charge in [-0.3, -0.25) is 4.90 Å². The van der Waals surface area contributed by atoms with Crippen LogP contribution in [0.25, 0.3) is 0 Å². The Labute approximate surface area is 95.0 Å². The van der Waals surface area contributed by atoms with Crippen LogP contribution in [0.4, 0.5) is 0 Å². The highest BCUT2D eigenvalue weighted by Crippen LogP contribution is 2.29. The lowest BCUT2D eigenvalue weighted by Crippen LogP contribution is -2.54. The number of rotatable bonds is 1. The zero-order valence-electron chi connectivity index (χ0n) is 11.3. The van der Waals surface area contributed by atoms with Crippen molar-refractivity contribution in [3.8, 4) is 0 Å². The van der Waals surface area contributed by atoms with E-state index in [1.54, 1.807) is 0 Å². The van der Waals surface area contributed by atoms with Gasteiger partial charge in [0.15, 0.2) is 0 Å². The Bertz CT molecular complexity index is 200. The summed E-state index contributed by atoms with van der Waals surface area (Å²) < 4.78 is 5.61. The van der Waals surface area contributed by atoms with Crippen LogP contribution in [0.1, 0.15) is 41.5 Å². The van der Waals surface area contributed by atoms with Crippen LogP contribution in [0.2, 0.25) is 0 Å². The molecule has 0 amide bonds. The lowest BCUT2D eigenvalue weighted by molar-refractivity contribution is -0.0592. The first-order valence-electron chi connectivity index (χ1n) is 6.02. The molecular formula is C13H27NO. The number of hydrogen-bond donors (Lipinski definition) is 0. The molecular weight excluding hydrogens is 186 g/mol. The van der Waals surface area contributed by atoms with E-state index < -0.39 is 0 Å². The summed E-state index contributed by atoms with van der Waals surface area (Å²) >= 11 is 0. The van der Waals surface area contributed by atoms with Crippen LogP contribution >= 0.6 is 0 Å². The van der Waals surface area contributed by atoms with Gasteiger partial charge < -0.3 is 4.74 Å². The minimum atomic E-state index is 0.311. The molecule has 90 valence electrons. The van der Waals surface area contributed by atoms with Crippen LogP contribution < -0.4 is 0 Å². The van der Waals surface area contributed by atoms with Gasteiger partial charge in [0.1, 0.15) is 0 Å². The lowest BCUT2D eigenvalue weighted by atomic mass is 9.84. The van der Waals surface area contributed by atoms with E-state index in [4.69, 9.17) is 4.74 Å². The SMILES string of the molecule is CC(C)(C)CN1CCOCC1C(C)(C)C. The lowest BCUT2D eigenvalue weighted by Gasteiger charge is -2.45. The van der Waals surface area contributed by atoms with Gasteiger partial charge in [-0.2, -0.15) is 0 Å². The standard InChI is InChI=1S/C13H27NO/c1-12(2,3)10-14-7-8-15-9-11(14)13(4,5)6/h11H,7-10H2,1-6H3. The summed E-state index contributed by atoms with van der Waals surface area (Å²) in [6.45, 7) is 17.9. The maximum absolute atomic E-state index is 5.61. The third-order valence-corrected chi connectivity index (χ3v) is 2.92. The van der Waals surface area contributed by atoms with Crippen molar-refractivity contribution in [2.75, 3.05) is 26.3 Å². The number of ether oxygens (including phenoxy) is 1. The Hall–Kier alpha value is -0.0800. The summed E-state index contributed by atoms with van der Waals surface area (Å²) in [6.07, 6.45) is 0. The summed E-state index contributed by atoms with van der Waals surface area (Å²) in [5.41, 5.74) is 0.687. The zero-order chi connectivity index (χ0) is 11.7. The first-order chi connectivity index (χ1) is 6.70. The van der Waals surface area contributed by atoms with Crippen LogP contribution in [0.3, 0.4) is 0 Å². The second-order valence-corrected chi connectivity index (χ2v) is 6.99. The highest BCUT2D eigenvalue weighted by atomic mass is 16.5. The van der Waals surface area contributed by atoms with Gasteiger partial charge in [-0.15, -0.1) is 0 Å². The molecule has 2 heteroatoms. The molecule has 2 nitrogen and oxygen atoms in total. The molecule has 15 heavy (non-hydrogen) atoms. The van der Waals surface area contributed by atoms with E-state index in [1.807, 2.05) is 0 Å². The number of hydrogen-bond acceptors (Lipinski definition) is 2. The highest BCUT2D eigenvalue weighted by Gasteiger charge is 2.34. The van der Waals surface area contributed by atoms with Gasteiger partial charge in [-0.25, -0.2) is 0 Å². The number of morpholine rings is 1. The molecule has 0 spiro atoms. The predicted molar refractivity (Wildman–Crippen MR) is 65.1 cm³/mol. The molecule has 0 aromatic rings. The van der Waals surface area contributed by atoms with Crippen molar-refractivity contribution in [2.24, 2.45) is 10.8 Å². The van der Waals surface area contributed by atoms with Crippen LogP contribution in [-0.2, 0) is 4.74 Å². The summed E-state index contributed by atoms with van der Waals surface area (Å²) in [6, 6.07) is 0.561.